The van der Waals surface area contributed by atoms with Gasteiger partial charge in [-0.2, -0.15) is 11.3 Å². The van der Waals surface area contributed by atoms with Gasteiger partial charge in [0.1, 0.15) is 0 Å². The van der Waals surface area contributed by atoms with Gasteiger partial charge < -0.3 is 10.0 Å². The van der Waals surface area contributed by atoms with Crippen molar-refractivity contribution in [2.24, 2.45) is 0 Å². The van der Waals surface area contributed by atoms with Crippen LogP contribution in [0, 0.1) is 0 Å². The van der Waals surface area contributed by atoms with E-state index in [2.05, 4.69) is 0 Å². The Morgan fingerprint density at radius 2 is 2.30 bits per heavy atom. The van der Waals surface area contributed by atoms with Gasteiger partial charge in [0.25, 0.3) is 0 Å². The Balaban J connectivity index is 2.55. The summed E-state index contributed by atoms with van der Waals surface area (Å²) in [6.45, 7) is 0. The van der Waals surface area contributed by atoms with E-state index in [1.807, 2.05) is 16.8 Å². The van der Waals surface area contributed by atoms with Crippen molar-refractivity contribution in [2.45, 2.75) is 0 Å². The molecule has 0 fully saturated rings. The monoisotopic (exact) mass is 154 g/mol. The van der Waals surface area contributed by atoms with Gasteiger partial charge in [-0.05, 0) is 22.4 Å². The van der Waals surface area contributed by atoms with Crippen molar-refractivity contribution in [2.75, 3.05) is 0 Å². The maximum absolute atomic E-state index is 8.42. The van der Waals surface area contributed by atoms with Crippen molar-refractivity contribution in [3.8, 4) is 0 Å². The van der Waals surface area contributed by atoms with Gasteiger partial charge in [0.05, 0.1) is 0 Å². The molecule has 0 radical (unpaired) electrons. The Morgan fingerprint density at radius 1 is 1.50 bits per heavy atom. The summed E-state index contributed by atoms with van der Waals surface area (Å²) in [5.74, 6) is 1.32. The Hall–Kier alpha value is -0.575. The minimum absolute atomic E-state index is 0.998. The lowest BCUT2D eigenvalue weighted by molar-refractivity contribution is 0.424. The SMILES string of the molecule is OB(O)C=Cc1ccsc1. The fourth-order valence-electron chi connectivity index (χ4n) is 0.567. The summed E-state index contributed by atoms with van der Waals surface area (Å²) in [5.41, 5.74) is 0.998. The fourth-order valence-corrected chi connectivity index (χ4v) is 1.20. The van der Waals surface area contributed by atoms with Crippen molar-refractivity contribution in [1.82, 2.24) is 0 Å². The zero-order valence-electron chi connectivity index (χ0n) is 5.27. The smallest absolute Gasteiger partial charge is 0.424 e. The van der Waals surface area contributed by atoms with E-state index < -0.39 is 7.12 Å². The third kappa shape index (κ3) is 2.35. The molecule has 0 amide bonds. The molecule has 10 heavy (non-hydrogen) atoms. The van der Waals surface area contributed by atoms with Gasteiger partial charge in [-0.25, -0.2) is 0 Å². The molecule has 0 saturated heterocycles. The van der Waals surface area contributed by atoms with Gasteiger partial charge in [-0.15, -0.1) is 0 Å². The van der Waals surface area contributed by atoms with E-state index >= 15 is 0 Å². The first-order valence-electron chi connectivity index (χ1n) is 2.85. The summed E-state index contributed by atoms with van der Waals surface area (Å²) in [7, 11) is -1.35. The number of hydrogen-bond donors (Lipinski definition) is 2. The molecular weight excluding hydrogens is 147 g/mol. The molecule has 1 aromatic rings. The fraction of sp³-hybridized carbons (Fsp3) is 0. The van der Waals surface area contributed by atoms with Crippen LogP contribution < -0.4 is 0 Å². The highest BCUT2D eigenvalue weighted by Crippen LogP contribution is 2.07. The van der Waals surface area contributed by atoms with Crippen LogP contribution >= 0.6 is 11.3 Å². The van der Waals surface area contributed by atoms with Crippen molar-refractivity contribution in [1.29, 1.82) is 0 Å². The van der Waals surface area contributed by atoms with E-state index in [1.54, 1.807) is 17.4 Å². The third-order valence-corrected chi connectivity index (χ3v) is 1.71. The van der Waals surface area contributed by atoms with Gasteiger partial charge in [-0.1, -0.05) is 12.1 Å². The van der Waals surface area contributed by atoms with Crippen LogP contribution in [0.5, 0.6) is 0 Å². The highest BCUT2D eigenvalue weighted by molar-refractivity contribution is 7.08. The highest BCUT2D eigenvalue weighted by atomic mass is 32.1. The summed E-state index contributed by atoms with van der Waals surface area (Å²) in [6, 6.07) is 1.91. The highest BCUT2D eigenvalue weighted by Gasteiger charge is 1.97. The zero-order chi connectivity index (χ0) is 7.40. The van der Waals surface area contributed by atoms with Crippen LogP contribution in [0.1, 0.15) is 5.56 Å². The van der Waals surface area contributed by atoms with Crippen LogP contribution in [0.15, 0.2) is 22.8 Å². The summed E-state index contributed by atoms with van der Waals surface area (Å²) in [6.07, 6.45) is 1.67. The second-order valence-corrected chi connectivity index (χ2v) is 2.61. The third-order valence-electron chi connectivity index (χ3n) is 1.00. The normalized spacial score (nSPS) is 10.6. The molecule has 2 N–H and O–H groups in total. The first-order chi connectivity index (χ1) is 4.79. The number of thiophene rings is 1. The number of hydrogen-bond acceptors (Lipinski definition) is 3. The molecule has 52 valence electrons. The van der Waals surface area contributed by atoms with Gasteiger partial charge in [0.15, 0.2) is 0 Å². The second kappa shape index (κ2) is 3.56. The predicted molar refractivity (Wildman–Crippen MR) is 43.5 cm³/mol. The Kier molecular flexibility index (Phi) is 2.68. The van der Waals surface area contributed by atoms with Gasteiger partial charge in [0, 0.05) is 0 Å². The van der Waals surface area contributed by atoms with Gasteiger partial charge in [-0.3, -0.25) is 0 Å². The van der Waals surface area contributed by atoms with Crippen LogP contribution in [0.25, 0.3) is 6.08 Å². The van der Waals surface area contributed by atoms with Crippen molar-refractivity contribution < 1.29 is 10.0 Å². The maximum atomic E-state index is 8.42. The lowest BCUT2D eigenvalue weighted by atomic mass is 9.91. The minimum atomic E-state index is -1.35. The molecule has 0 bridgehead atoms. The molecule has 0 aliphatic rings. The zero-order valence-corrected chi connectivity index (χ0v) is 6.08. The van der Waals surface area contributed by atoms with Crippen LogP contribution in [0.4, 0.5) is 0 Å². The Morgan fingerprint density at radius 3 is 2.80 bits per heavy atom. The number of rotatable bonds is 2. The summed E-state index contributed by atoms with van der Waals surface area (Å²) in [4.78, 5) is 0. The molecule has 2 nitrogen and oxygen atoms in total. The first kappa shape index (κ1) is 7.53. The average molecular weight is 154 g/mol. The summed E-state index contributed by atoms with van der Waals surface area (Å²) >= 11 is 1.58. The van der Waals surface area contributed by atoms with E-state index in [0.717, 1.165) is 5.56 Å². The van der Waals surface area contributed by atoms with Gasteiger partial charge >= 0.3 is 7.12 Å². The molecule has 0 atom stereocenters. The van der Waals surface area contributed by atoms with E-state index in [-0.39, 0.29) is 0 Å². The van der Waals surface area contributed by atoms with Crippen molar-refractivity contribution >= 4 is 24.5 Å². The first-order valence-corrected chi connectivity index (χ1v) is 3.80. The molecule has 1 aromatic heterocycles. The van der Waals surface area contributed by atoms with E-state index in [1.165, 1.54) is 5.98 Å². The topological polar surface area (TPSA) is 40.5 Å². The summed E-state index contributed by atoms with van der Waals surface area (Å²) < 4.78 is 0. The molecule has 0 spiro atoms. The molecule has 0 unspecified atom stereocenters. The largest absolute Gasteiger partial charge is 0.480 e. The molecule has 0 aromatic carbocycles. The van der Waals surface area contributed by atoms with E-state index in [4.69, 9.17) is 10.0 Å². The standard InChI is InChI=1S/C6H7BO2S/c8-7(9)3-1-6-2-4-10-5-6/h1-5,8-9H. The molecule has 4 heteroatoms. The quantitative estimate of drug-likeness (QED) is 0.617. The molecule has 0 aliphatic carbocycles. The van der Waals surface area contributed by atoms with E-state index in [0.29, 0.717) is 0 Å². The predicted octanol–water partition coefficient (Wildman–Crippen LogP) is 0.773. The van der Waals surface area contributed by atoms with E-state index in [9.17, 15) is 0 Å². The Labute approximate surface area is 63.6 Å². The van der Waals surface area contributed by atoms with Crippen LogP contribution in [0.2, 0.25) is 0 Å². The van der Waals surface area contributed by atoms with Gasteiger partial charge in [0.2, 0.25) is 0 Å². The lowest BCUT2D eigenvalue weighted by Gasteiger charge is -1.84. The molecule has 0 aliphatic heterocycles. The Bertz CT molecular complexity index is 206. The van der Waals surface area contributed by atoms with Crippen LogP contribution in [-0.4, -0.2) is 17.2 Å². The minimum Gasteiger partial charge on any atom is -0.424 e. The lowest BCUT2D eigenvalue weighted by Crippen LogP contribution is -2.05. The van der Waals surface area contributed by atoms with Crippen molar-refractivity contribution in [3.63, 3.8) is 0 Å². The van der Waals surface area contributed by atoms with Crippen LogP contribution in [-0.2, 0) is 0 Å². The molecule has 1 rings (SSSR count). The van der Waals surface area contributed by atoms with Crippen LogP contribution in [0.3, 0.4) is 0 Å². The van der Waals surface area contributed by atoms with Crippen molar-refractivity contribution in [3.05, 3.63) is 28.4 Å². The molecule has 1 heterocycles. The maximum Gasteiger partial charge on any atom is 0.480 e. The molecule has 0 saturated carbocycles. The molecular formula is C6H7BO2S. The average Bonchev–Trinajstić information content (AvgIpc) is 2.34. The second-order valence-electron chi connectivity index (χ2n) is 1.83. The summed E-state index contributed by atoms with van der Waals surface area (Å²) in [5, 5.41) is 20.7.